The quantitative estimate of drug-likeness (QED) is 0.658. The first-order valence-electron chi connectivity index (χ1n) is 6.12. The minimum absolute atomic E-state index is 0.749. The van der Waals surface area contributed by atoms with Crippen molar-refractivity contribution in [2.24, 2.45) is 17.8 Å². The molecule has 1 fully saturated rings. The fourth-order valence-electron chi connectivity index (χ4n) is 2.91. The maximum atomic E-state index is 8.65. The number of nitriles is 1. The molecule has 0 N–H and O–H groups in total. The molecule has 80 valence electrons. The van der Waals surface area contributed by atoms with Crippen molar-refractivity contribution in [3.05, 3.63) is 0 Å². The van der Waals surface area contributed by atoms with Crippen molar-refractivity contribution in [3.8, 4) is 6.07 Å². The van der Waals surface area contributed by atoms with Crippen LogP contribution in [0.25, 0.3) is 0 Å². The lowest BCUT2D eigenvalue weighted by Crippen LogP contribution is -2.22. The summed E-state index contributed by atoms with van der Waals surface area (Å²) in [5.74, 6) is 2.47. The molecule has 0 aromatic rings. The lowest BCUT2D eigenvalue weighted by atomic mass is 9.73. The van der Waals surface area contributed by atoms with Crippen LogP contribution in [0, 0.1) is 29.1 Å². The lowest BCUT2D eigenvalue weighted by molar-refractivity contribution is 0.186. The third kappa shape index (κ3) is 3.33. The van der Waals surface area contributed by atoms with Crippen molar-refractivity contribution in [1.82, 2.24) is 0 Å². The van der Waals surface area contributed by atoms with Gasteiger partial charge in [-0.2, -0.15) is 5.26 Å². The molecule has 0 spiro atoms. The Morgan fingerprint density at radius 2 is 1.86 bits per heavy atom. The molecule has 1 aliphatic rings. The molecule has 1 aliphatic carbocycles. The van der Waals surface area contributed by atoms with Gasteiger partial charge in [0.05, 0.1) is 6.07 Å². The van der Waals surface area contributed by atoms with Gasteiger partial charge in [0.1, 0.15) is 0 Å². The molecular weight excluding hydrogens is 170 g/mol. The van der Waals surface area contributed by atoms with E-state index in [-0.39, 0.29) is 0 Å². The van der Waals surface area contributed by atoms with E-state index >= 15 is 0 Å². The Balaban J connectivity index is 2.43. The van der Waals surface area contributed by atoms with Gasteiger partial charge in [0.15, 0.2) is 0 Å². The zero-order valence-electron chi connectivity index (χ0n) is 9.63. The molecule has 1 atom stereocenters. The van der Waals surface area contributed by atoms with Crippen molar-refractivity contribution in [2.75, 3.05) is 0 Å². The molecule has 1 heteroatoms. The minimum Gasteiger partial charge on any atom is -0.198 e. The van der Waals surface area contributed by atoms with Gasteiger partial charge in [-0.25, -0.2) is 0 Å². The van der Waals surface area contributed by atoms with Crippen LogP contribution in [0.1, 0.15) is 58.8 Å². The zero-order chi connectivity index (χ0) is 10.4. The van der Waals surface area contributed by atoms with E-state index in [1.54, 1.807) is 0 Å². The predicted molar refractivity (Wildman–Crippen MR) is 59.8 cm³/mol. The molecule has 0 amide bonds. The number of nitrogens with zero attached hydrogens (tertiary/aromatic N) is 1. The lowest BCUT2D eigenvalue weighted by Gasteiger charge is -2.32. The van der Waals surface area contributed by atoms with E-state index in [1.807, 2.05) is 0 Å². The fourth-order valence-corrected chi connectivity index (χ4v) is 2.91. The highest BCUT2D eigenvalue weighted by Gasteiger charge is 2.25. The summed E-state index contributed by atoms with van der Waals surface area (Å²) in [5.41, 5.74) is 0. The largest absolute Gasteiger partial charge is 0.198 e. The molecular formula is C13H23N. The zero-order valence-corrected chi connectivity index (χ0v) is 9.63. The van der Waals surface area contributed by atoms with Gasteiger partial charge >= 0.3 is 0 Å². The summed E-state index contributed by atoms with van der Waals surface area (Å²) in [6, 6.07) is 2.29. The maximum Gasteiger partial charge on any atom is 0.0621 e. The van der Waals surface area contributed by atoms with E-state index in [2.05, 4.69) is 19.9 Å². The van der Waals surface area contributed by atoms with Crippen LogP contribution in [0.15, 0.2) is 0 Å². The monoisotopic (exact) mass is 193 g/mol. The summed E-state index contributed by atoms with van der Waals surface area (Å²) in [5, 5.41) is 8.65. The standard InChI is InChI=1S/C13H23N/c1-11(2)13(9-6-10-14)12-7-4-3-5-8-12/h11-13H,3-9H2,1-2H3. The average Bonchev–Trinajstić information content (AvgIpc) is 2.19. The summed E-state index contributed by atoms with van der Waals surface area (Å²) < 4.78 is 0. The molecule has 0 bridgehead atoms. The summed E-state index contributed by atoms with van der Waals surface area (Å²) >= 11 is 0. The third-order valence-corrected chi connectivity index (χ3v) is 3.70. The van der Waals surface area contributed by atoms with E-state index in [4.69, 9.17) is 5.26 Å². The second-order valence-electron chi connectivity index (χ2n) is 5.00. The van der Waals surface area contributed by atoms with E-state index < -0.39 is 0 Å². The van der Waals surface area contributed by atoms with Crippen molar-refractivity contribution >= 4 is 0 Å². The van der Waals surface area contributed by atoms with Gasteiger partial charge in [0, 0.05) is 6.42 Å². The second-order valence-corrected chi connectivity index (χ2v) is 5.00. The van der Waals surface area contributed by atoms with Crippen LogP contribution in [-0.4, -0.2) is 0 Å². The highest BCUT2D eigenvalue weighted by atomic mass is 14.3. The Morgan fingerprint density at radius 1 is 1.21 bits per heavy atom. The van der Waals surface area contributed by atoms with Gasteiger partial charge in [-0.15, -0.1) is 0 Å². The number of hydrogen-bond donors (Lipinski definition) is 0. The van der Waals surface area contributed by atoms with Crippen LogP contribution in [0.3, 0.4) is 0 Å². The molecule has 0 aliphatic heterocycles. The van der Waals surface area contributed by atoms with Crippen molar-refractivity contribution in [3.63, 3.8) is 0 Å². The van der Waals surface area contributed by atoms with Gasteiger partial charge < -0.3 is 0 Å². The molecule has 1 rings (SSSR count). The normalized spacial score (nSPS) is 20.7. The molecule has 14 heavy (non-hydrogen) atoms. The topological polar surface area (TPSA) is 23.8 Å². The predicted octanol–water partition coefficient (Wildman–Crippen LogP) is 4.14. The molecule has 1 nitrogen and oxygen atoms in total. The van der Waals surface area contributed by atoms with E-state index in [9.17, 15) is 0 Å². The van der Waals surface area contributed by atoms with Crippen LogP contribution in [0.4, 0.5) is 0 Å². The van der Waals surface area contributed by atoms with E-state index in [0.717, 1.165) is 30.6 Å². The molecule has 1 unspecified atom stereocenters. The van der Waals surface area contributed by atoms with Gasteiger partial charge in [0.25, 0.3) is 0 Å². The van der Waals surface area contributed by atoms with Crippen LogP contribution in [0.5, 0.6) is 0 Å². The van der Waals surface area contributed by atoms with Crippen molar-refractivity contribution in [2.45, 2.75) is 58.8 Å². The molecule has 0 saturated heterocycles. The molecule has 0 aromatic heterocycles. The summed E-state index contributed by atoms with van der Waals surface area (Å²) in [6.45, 7) is 4.63. The summed E-state index contributed by atoms with van der Waals surface area (Å²) in [4.78, 5) is 0. The SMILES string of the molecule is CC(C)C(CCC#N)C1CCCCC1. The van der Waals surface area contributed by atoms with Gasteiger partial charge in [-0.3, -0.25) is 0 Å². The van der Waals surface area contributed by atoms with Gasteiger partial charge in [0.2, 0.25) is 0 Å². The first-order valence-corrected chi connectivity index (χ1v) is 6.12. The molecule has 0 aromatic carbocycles. The van der Waals surface area contributed by atoms with Crippen LogP contribution in [0.2, 0.25) is 0 Å². The first-order chi connectivity index (χ1) is 6.75. The van der Waals surface area contributed by atoms with Crippen molar-refractivity contribution in [1.29, 1.82) is 5.26 Å². The smallest absolute Gasteiger partial charge is 0.0621 e. The third-order valence-electron chi connectivity index (χ3n) is 3.70. The van der Waals surface area contributed by atoms with Crippen LogP contribution in [-0.2, 0) is 0 Å². The Kier molecular flexibility index (Phi) is 5.01. The van der Waals surface area contributed by atoms with Crippen LogP contribution < -0.4 is 0 Å². The number of hydrogen-bond acceptors (Lipinski definition) is 1. The molecule has 0 heterocycles. The molecule has 0 radical (unpaired) electrons. The Hall–Kier alpha value is -0.510. The average molecular weight is 193 g/mol. The Morgan fingerprint density at radius 3 is 2.36 bits per heavy atom. The Labute approximate surface area is 88.5 Å². The Bertz CT molecular complexity index is 184. The maximum absolute atomic E-state index is 8.65. The van der Waals surface area contributed by atoms with Gasteiger partial charge in [-0.05, 0) is 24.2 Å². The van der Waals surface area contributed by atoms with Gasteiger partial charge in [-0.1, -0.05) is 46.0 Å². The molecule has 1 saturated carbocycles. The minimum atomic E-state index is 0.749. The van der Waals surface area contributed by atoms with Crippen LogP contribution >= 0.6 is 0 Å². The van der Waals surface area contributed by atoms with Crippen molar-refractivity contribution < 1.29 is 0 Å². The van der Waals surface area contributed by atoms with E-state index in [1.165, 1.54) is 32.1 Å². The highest BCUT2D eigenvalue weighted by Crippen LogP contribution is 2.36. The van der Waals surface area contributed by atoms with E-state index in [0.29, 0.717) is 0 Å². The summed E-state index contributed by atoms with van der Waals surface area (Å²) in [6.07, 6.45) is 8.96. The highest BCUT2D eigenvalue weighted by molar-refractivity contribution is 4.80. The fraction of sp³-hybridized carbons (Fsp3) is 0.923. The number of rotatable bonds is 4. The summed E-state index contributed by atoms with van der Waals surface area (Å²) in [7, 11) is 0. The first kappa shape index (κ1) is 11.6. The second kappa shape index (κ2) is 6.06.